The SMILES string of the molecule is CC(Br)C1CCN(C(=O)c2cc3c(s2)CCSC3)CC1. The van der Waals surface area contributed by atoms with Crippen LogP contribution in [0.3, 0.4) is 0 Å². The summed E-state index contributed by atoms with van der Waals surface area (Å²) in [6, 6.07) is 2.15. The van der Waals surface area contributed by atoms with E-state index >= 15 is 0 Å². The van der Waals surface area contributed by atoms with Crippen molar-refractivity contribution in [1.29, 1.82) is 0 Å². The minimum Gasteiger partial charge on any atom is -0.338 e. The predicted octanol–water partition coefficient (Wildman–Crippen LogP) is 4.17. The molecule has 0 aliphatic carbocycles. The molecule has 3 rings (SSSR count). The maximum Gasteiger partial charge on any atom is 0.263 e. The van der Waals surface area contributed by atoms with Gasteiger partial charge in [-0.3, -0.25) is 4.79 Å². The third-order valence-electron chi connectivity index (χ3n) is 4.31. The van der Waals surface area contributed by atoms with Gasteiger partial charge in [0.15, 0.2) is 0 Å². The number of fused-ring (bicyclic) bond motifs is 1. The number of piperidine rings is 1. The van der Waals surface area contributed by atoms with Gasteiger partial charge in [-0.25, -0.2) is 0 Å². The van der Waals surface area contributed by atoms with Crippen molar-refractivity contribution in [3.05, 3.63) is 21.4 Å². The number of carbonyl (C=O) groups excluding carboxylic acids is 1. The predicted molar refractivity (Wildman–Crippen MR) is 91.2 cm³/mol. The van der Waals surface area contributed by atoms with E-state index in [1.54, 1.807) is 11.3 Å². The maximum atomic E-state index is 12.6. The summed E-state index contributed by atoms with van der Waals surface area (Å²) in [6.45, 7) is 4.04. The summed E-state index contributed by atoms with van der Waals surface area (Å²) >= 11 is 7.38. The Hall–Kier alpha value is -0.000000000000000111. The lowest BCUT2D eigenvalue weighted by atomic mass is 9.94. The Labute approximate surface area is 137 Å². The molecule has 1 fully saturated rings. The Bertz CT molecular complexity index is 469. The first-order valence-electron chi connectivity index (χ1n) is 7.28. The summed E-state index contributed by atoms with van der Waals surface area (Å²) in [5.41, 5.74) is 1.40. The highest BCUT2D eigenvalue weighted by Gasteiger charge is 2.27. The number of halogens is 1. The monoisotopic (exact) mass is 373 g/mol. The molecule has 1 unspecified atom stereocenters. The molecule has 110 valence electrons. The van der Waals surface area contributed by atoms with Gasteiger partial charge in [0, 0.05) is 28.5 Å². The van der Waals surface area contributed by atoms with Crippen LogP contribution in [0.15, 0.2) is 6.07 Å². The van der Waals surface area contributed by atoms with Gasteiger partial charge in [0.05, 0.1) is 4.88 Å². The molecule has 0 spiro atoms. The molecule has 1 atom stereocenters. The zero-order valence-corrected chi connectivity index (χ0v) is 15.0. The molecule has 0 radical (unpaired) electrons. The zero-order valence-electron chi connectivity index (χ0n) is 11.7. The zero-order chi connectivity index (χ0) is 14.1. The second kappa shape index (κ2) is 6.41. The number of nitrogens with zero attached hydrogens (tertiary/aromatic N) is 1. The first-order valence-corrected chi connectivity index (χ1v) is 10.2. The Morgan fingerprint density at radius 3 is 2.85 bits per heavy atom. The number of thioether (sulfide) groups is 1. The van der Waals surface area contributed by atoms with Crippen LogP contribution in [0.1, 0.15) is 39.9 Å². The molecule has 1 aromatic rings. The van der Waals surface area contributed by atoms with Gasteiger partial charge >= 0.3 is 0 Å². The number of carbonyl (C=O) groups is 1. The van der Waals surface area contributed by atoms with Crippen molar-refractivity contribution < 1.29 is 4.79 Å². The molecule has 3 heterocycles. The summed E-state index contributed by atoms with van der Waals surface area (Å²) in [4.78, 5) is 17.6. The van der Waals surface area contributed by atoms with Gasteiger partial charge in [0.1, 0.15) is 0 Å². The van der Waals surface area contributed by atoms with Crippen LogP contribution in [-0.2, 0) is 12.2 Å². The van der Waals surface area contributed by atoms with Crippen molar-refractivity contribution >= 4 is 44.9 Å². The van der Waals surface area contributed by atoms with Crippen molar-refractivity contribution in [3.63, 3.8) is 0 Å². The highest BCUT2D eigenvalue weighted by atomic mass is 79.9. The summed E-state index contributed by atoms with van der Waals surface area (Å²) in [5, 5.41) is 0. The lowest BCUT2D eigenvalue weighted by Gasteiger charge is -2.33. The number of hydrogen-bond donors (Lipinski definition) is 0. The molecule has 20 heavy (non-hydrogen) atoms. The quantitative estimate of drug-likeness (QED) is 0.724. The third-order valence-corrected chi connectivity index (χ3v) is 7.30. The van der Waals surface area contributed by atoms with Crippen molar-refractivity contribution in [1.82, 2.24) is 4.90 Å². The van der Waals surface area contributed by atoms with E-state index in [9.17, 15) is 4.79 Å². The van der Waals surface area contributed by atoms with Crippen molar-refractivity contribution in [2.24, 2.45) is 5.92 Å². The average molecular weight is 374 g/mol. The molecule has 2 aliphatic heterocycles. The van der Waals surface area contributed by atoms with E-state index in [0.29, 0.717) is 10.7 Å². The van der Waals surface area contributed by atoms with Gasteiger partial charge < -0.3 is 4.90 Å². The Kier molecular flexibility index (Phi) is 4.78. The fourth-order valence-electron chi connectivity index (χ4n) is 2.97. The fourth-order valence-corrected chi connectivity index (χ4v) is 5.84. The Morgan fingerprint density at radius 1 is 1.45 bits per heavy atom. The van der Waals surface area contributed by atoms with Gasteiger partial charge in [-0.2, -0.15) is 11.8 Å². The molecule has 5 heteroatoms. The number of alkyl halides is 1. The molecule has 0 N–H and O–H groups in total. The van der Waals surface area contributed by atoms with E-state index in [1.165, 1.54) is 16.2 Å². The highest BCUT2D eigenvalue weighted by molar-refractivity contribution is 9.09. The van der Waals surface area contributed by atoms with E-state index in [0.717, 1.165) is 43.0 Å². The van der Waals surface area contributed by atoms with Gasteiger partial charge in [-0.05, 0) is 42.6 Å². The number of aryl methyl sites for hydroxylation is 1. The van der Waals surface area contributed by atoms with Crippen LogP contribution in [0.5, 0.6) is 0 Å². The molecule has 2 nitrogen and oxygen atoms in total. The lowest BCUT2D eigenvalue weighted by molar-refractivity contribution is 0.0696. The third kappa shape index (κ3) is 3.09. The van der Waals surface area contributed by atoms with Gasteiger partial charge in [-0.15, -0.1) is 11.3 Å². The molecule has 2 aliphatic rings. The van der Waals surface area contributed by atoms with E-state index in [1.807, 2.05) is 11.8 Å². The molecular weight excluding hydrogens is 354 g/mol. The van der Waals surface area contributed by atoms with Gasteiger partial charge in [0.25, 0.3) is 5.91 Å². The normalized spacial score (nSPS) is 21.6. The van der Waals surface area contributed by atoms with Crippen molar-refractivity contribution in [3.8, 4) is 0 Å². The standard InChI is InChI=1S/C15H20BrNOS2/c1-10(16)11-2-5-17(6-3-11)15(18)14-8-12-9-19-7-4-13(12)20-14/h8,10-11H,2-7,9H2,1H3. The van der Waals surface area contributed by atoms with E-state index in [-0.39, 0.29) is 5.91 Å². The Balaban J connectivity index is 1.66. The van der Waals surface area contributed by atoms with Crippen molar-refractivity contribution in [2.75, 3.05) is 18.8 Å². The molecule has 1 aromatic heterocycles. The van der Waals surface area contributed by atoms with Crippen LogP contribution < -0.4 is 0 Å². The highest BCUT2D eigenvalue weighted by Crippen LogP contribution is 2.33. The second-order valence-corrected chi connectivity index (χ2v) is 9.36. The Morgan fingerprint density at radius 2 is 2.20 bits per heavy atom. The van der Waals surface area contributed by atoms with Crippen LogP contribution in [0.4, 0.5) is 0 Å². The summed E-state index contributed by atoms with van der Waals surface area (Å²) in [6.07, 6.45) is 3.39. The first-order chi connectivity index (χ1) is 9.65. The smallest absolute Gasteiger partial charge is 0.263 e. The molecule has 0 aromatic carbocycles. The summed E-state index contributed by atoms with van der Waals surface area (Å²) < 4.78 is 0. The van der Waals surface area contributed by atoms with Gasteiger partial charge in [-0.1, -0.05) is 22.9 Å². The second-order valence-electron chi connectivity index (χ2n) is 5.67. The first kappa shape index (κ1) is 14.9. The summed E-state index contributed by atoms with van der Waals surface area (Å²) in [7, 11) is 0. The van der Waals surface area contributed by atoms with Gasteiger partial charge in [0.2, 0.25) is 0 Å². The minimum absolute atomic E-state index is 0.259. The van der Waals surface area contributed by atoms with E-state index in [4.69, 9.17) is 0 Å². The maximum absolute atomic E-state index is 12.6. The number of thiophene rings is 1. The van der Waals surface area contributed by atoms with E-state index in [2.05, 4.69) is 33.8 Å². The van der Waals surface area contributed by atoms with Crippen LogP contribution in [0.2, 0.25) is 0 Å². The van der Waals surface area contributed by atoms with Crippen LogP contribution in [-0.4, -0.2) is 34.5 Å². The van der Waals surface area contributed by atoms with Crippen molar-refractivity contribution in [2.45, 2.75) is 36.8 Å². The number of amides is 1. The van der Waals surface area contributed by atoms with Crippen LogP contribution >= 0.6 is 39.0 Å². The molecule has 1 saturated heterocycles. The number of rotatable bonds is 2. The fraction of sp³-hybridized carbons (Fsp3) is 0.667. The largest absolute Gasteiger partial charge is 0.338 e. The molecule has 1 amide bonds. The van der Waals surface area contributed by atoms with Crippen LogP contribution in [0.25, 0.3) is 0 Å². The van der Waals surface area contributed by atoms with E-state index < -0.39 is 0 Å². The number of hydrogen-bond acceptors (Lipinski definition) is 3. The summed E-state index contributed by atoms with van der Waals surface area (Å²) in [5.74, 6) is 3.26. The minimum atomic E-state index is 0.259. The molecular formula is C15H20BrNOS2. The van der Waals surface area contributed by atoms with Crippen LogP contribution in [0, 0.1) is 5.92 Å². The molecule has 0 bridgehead atoms. The molecule has 0 saturated carbocycles. The number of likely N-dealkylation sites (tertiary alicyclic amines) is 1. The average Bonchev–Trinajstić information content (AvgIpc) is 2.90. The lowest BCUT2D eigenvalue weighted by Crippen LogP contribution is -2.39. The topological polar surface area (TPSA) is 20.3 Å².